The van der Waals surface area contributed by atoms with Crippen molar-refractivity contribution in [3.8, 4) is 5.75 Å². The number of hydrogen-bond donors (Lipinski definition) is 1. The molecule has 0 spiro atoms. The summed E-state index contributed by atoms with van der Waals surface area (Å²) in [5.41, 5.74) is -0.123. The third kappa shape index (κ3) is 1.54. The highest BCUT2D eigenvalue weighted by Gasteiger charge is 2.23. The maximum absolute atomic E-state index is 13.0. The van der Waals surface area contributed by atoms with Gasteiger partial charge in [0, 0.05) is 0 Å². The van der Waals surface area contributed by atoms with Gasteiger partial charge in [-0.2, -0.15) is 0 Å². The summed E-state index contributed by atoms with van der Waals surface area (Å²) in [5.74, 6) is -1.02. The number of rotatable bonds is 1. The highest BCUT2D eigenvalue weighted by molar-refractivity contribution is 5.29. The molecule has 1 saturated carbocycles. The van der Waals surface area contributed by atoms with Crippen molar-refractivity contribution in [2.45, 2.75) is 18.8 Å². The molecule has 0 radical (unpaired) electrons. The maximum atomic E-state index is 13.0. The lowest BCUT2D eigenvalue weighted by Crippen LogP contribution is -2.00. The van der Waals surface area contributed by atoms with Gasteiger partial charge in [-0.15, -0.1) is 0 Å². The minimum Gasteiger partial charge on any atom is -0.504 e. The molecule has 2 rings (SSSR count). The summed E-state index contributed by atoms with van der Waals surface area (Å²) in [6, 6.07) is 4.09. The fourth-order valence-corrected chi connectivity index (χ4v) is 1.30. The molecule has 0 aromatic heterocycles. The summed E-state index contributed by atoms with van der Waals surface area (Å²) in [5, 5.41) is 9.03. The molecule has 0 amide bonds. The minimum atomic E-state index is -0.924. The zero-order chi connectivity index (χ0) is 9.42. The molecule has 0 unspecified atom stereocenters. The molecule has 13 heavy (non-hydrogen) atoms. The molecule has 1 N–H and O–H groups in total. The van der Waals surface area contributed by atoms with Crippen molar-refractivity contribution in [3.63, 3.8) is 0 Å². The van der Waals surface area contributed by atoms with Gasteiger partial charge >= 0.3 is 0 Å². The zero-order valence-corrected chi connectivity index (χ0v) is 6.96. The Labute approximate surface area is 74.7 Å². The first-order valence-corrected chi connectivity index (χ1v) is 4.21. The quantitative estimate of drug-likeness (QED) is 0.715. The molecule has 0 bridgehead atoms. The fraction of sp³-hybridized carbons (Fsp3) is 0.300. The summed E-state index contributed by atoms with van der Waals surface area (Å²) < 4.78 is 13.0. The molecule has 0 heterocycles. The minimum absolute atomic E-state index is 0.376. The highest BCUT2D eigenvalue weighted by Crippen LogP contribution is 2.39. The van der Waals surface area contributed by atoms with E-state index in [0.717, 1.165) is 18.4 Å². The van der Waals surface area contributed by atoms with Gasteiger partial charge in [-0.05, 0) is 36.5 Å². The Balaban J connectivity index is 2.59. The summed E-state index contributed by atoms with van der Waals surface area (Å²) >= 11 is 0. The third-order valence-electron chi connectivity index (χ3n) is 2.23. The number of halogens is 1. The Bertz CT molecular complexity index is 397. The van der Waals surface area contributed by atoms with Crippen LogP contribution in [0.1, 0.15) is 24.3 Å². The molecule has 2 nitrogen and oxygen atoms in total. The summed E-state index contributed by atoms with van der Waals surface area (Å²) in [7, 11) is 0. The molecule has 68 valence electrons. The van der Waals surface area contributed by atoms with E-state index in [1.165, 1.54) is 12.1 Å². The van der Waals surface area contributed by atoms with Crippen LogP contribution in [0.15, 0.2) is 23.0 Å². The fourth-order valence-electron chi connectivity index (χ4n) is 1.30. The van der Waals surface area contributed by atoms with E-state index in [4.69, 9.17) is 5.11 Å². The topological polar surface area (TPSA) is 37.3 Å². The smallest absolute Gasteiger partial charge is 0.255 e. The van der Waals surface area contributed by atoms with Crippen LogP contribution >= 0.6 is 0 Å². The summed E-state index contributed by atoms with van der Waals surface area (Å²) in [6.07, 6.45) is 2.08. The largest absolute Gasteiger partial charge is 0.504 e. The molecule has 1 aliphatic rings. The first kappa shape index (κ1) is 8.23. The van der Waals surface area contributed by atoms with E-state index < -0.39 is 17.0 Å². The molecular weight excluding hydrogens is 171 g/mol. The second kappa shape index (κ2) is 2.83. The van der Waals surface area contributed by atoms with Crippen molar-refractivity contribution in [1.82, 2.24) is 0 Å². The lowest BCUT2D eigenvalue weighted by atomic mass is 10.2. The normalized spacial score (nSPS) is 15.8. The molecule has 1 aromatic carbocycles. The Kier molecular flexibility index (Phi) is 1.79. The molecule has 0 saturated heterocycles. The second-order valence-electron chi connectivity index (χ2n) is 3.31. The number of aromatic hydroxyl groups is 1. The van der Waals surface area contributed by atoms with Crippen LogP contribution in [-0.4, -0.2) is 5.11 Å². The van der Waals surface area contributed by atoms with Crippen LogP contribution in [0.3, 0.4) is 0 Å². The van der Waals surface area contributed by atoms with Crippen LogP contribution in [0.4, 0.5) is 4.39 Å². The lowest BCUT2D eigenvalue weighted by molar-refractivity contribution is 0.464. The second-order valence-corrected chi connectivity index (χ2v) is 3.31. The van der Waals surface area contributed by atoms with Gasteiger partial charge in [0.15, 0.2) is 11.6 Å². The van der Waals surface area contributed by atoms with Crippen molar-refractivity contribution >= 4 is 0 Å². The van der Waals surface area contributed by atoms with E-state index in [9.17, 15) is 9.18 Å². The predicted molar refractivity (Wildman–Crippen MR) is 46.3 cm³/mol. The predicted octanol–water partition coefficient (Wildman–Crippen LogP) is 1.77. The first-order chi connectivity index (χ1) is 6.18. The average molecular weight is 180 g/mol. The standard InChI is InChI=1S/C10H9FO2/c11-8-5-7(6-1-2-6)3-4-9(12)10(8)13/h3-6H,1-2H2,(H,12,13). The van der Waals surface area contributed by atoms with E-state index in [0.29, 0.717) is 5.92 Å². The van der Waals surface area contributed by atoms with Gasteiger partial charge in [0.05, 0.1) is 0 Å². The monoisotopic (exact) mass is 180 g/mol. The van der Waals surface area contributed by atoms with Crippen molar-refractivity contribution in [2.75, 3.05) is 0 Å². The summed E-state index contributed by atoms with van der Waals surface area (Å²) in [4.78, 5) is 10.9. The SMILES string of the molecule is O=c1c(O)ccc(C2CC2)cc1F. The molecule has 0 atom stereocenters. The van der Waals surface area contributed by atoms with Crippen LogP contribution in [0.25, 0.3) is 0 Å². The molecule has 0 aliphatic heterocycles. The molecule has 1 aliphatic carbocycles. The van der Waals surface area contributed by atoms with Crippen molar-refractivity contribution in [3.05, 3.63) is 39.8 Å². The van der Waals surface area contributed by atoms with E-state index in [2.05, 4.69) is 0 Å². The van der Waals surface area contributed by atoms with Crippen LogP contribution in [-0.2, 0) is 0 Å². The number of hydrogen-bond acceptors (Lipinski definition) is 2. The van der Waals surface area contributed by atoms with Crippen molar-refractivity contribution in [1.29, 1.82) is 0 Å². The van der Waals surface area contributed by atoms with Crippen molar-refractivity contribution < 1.29 is 9.50 Å². The van der Waals surface area contributed by atoms with Gasteiger partial charge in [0.2, 0.25) is 0 Å². The Morgan fingerprint density at radius 1 is 1.38 bits per heavy atom. The van der Waals surface area contributed by atoms with Crippen LogP contribution in [0, 0.1) is 5.82 Å². The van der Waals surface area contributed by atoms with E-state index in [-0.39, 0.29) is 0 Å². The van der Waals surface area contributed by atoms with Gasteiger partial charge in [-0.25, -0.2) is 4.39 Å². The zero-order valence-electron chi connectivity index (χ0n) is 6.96. The van der Waals surface area contributed by atoms with Crippen LogP contribution in [0.5, 0.6) is 5.75 Å². The van der Waals surface area contributed by atoms with Crippen molar-refractivity contribution in [2.24, 2.45) is 0 Å². The van der Waals surface area contributed by atoms with Crippen LogP contribution in [0.2, 0.25) is 0 Å². The first-order valence-electron chi connectivity index (χ1n) is 4.21. The molecular formula is C10H9FO2. The van der Waals surface area contributed by atoms with Gasteiger partial charge in [-0.1, -0.05) is 6.07 Å². The van der Waals surface area contributed by atoms with Gasteiger partial charge in [0.25, 0.3) is 5.43 Å². The molecule has 1 fully saturated rings. The maximum Gasteiger partial charge on any atom is 0.255 e. The average Bonchev–Trinajstić information content (AvgIpc) is 2.91. The lowest BCUT2D eigenvalue weighted by Gasteiger charge is -1.88. The van der Waals surface area contributed by atoms with E-state index >= 15 is 0 Å². The Morgan fingerprint density at radius 2 is 2.08 bits per heavy atom. The third-order valence-corrected chi connectivity index (χ3v) is 2.23. The van der Waals surface area contributed by atoms with Gasteiger partial charge in [-0.3, -0.25) is 4.79 Å². The molecule has 1 aromatic rings. The summed E-state index contributed by atoms with van der Waals surface area (Å²) in [6.45, 7) is 0. The van der Waals surface area contributed by atoms with Gasteiger partial charge in [0.1, 0.15) is 0 Å². The molecule has 3 heteroatoms. The van der Waals surface area contributed by atoms with E-state index in [1.807, 2.05) is 0 Å². The Morgan fingerprint density at radius 3 is 2.69 bits per heavy atom. The highest BCUT2D eigenvalue weighted by atomic mass is 19.1. The van der Waals surface area contributed by atoms with E-state index in [1.54, 1.807) is 6.07 Å². The van der Waals surface area contributed by atoms with Crippen LogP contribution < -0.4 is 5.43 Å². The Hall–Kier alpha value is -1.38. The van der Waals surface area contributed by atoms with Gasteiger partial charge < -0.3 is 5.11 Å².